The van der Waals surface area contributed by atoms with Crippen LogP contribution in [0.25, 0.3) is 0 Å². The lowest BCUT2D eigenvalue weighted by Gasteiger charge is -2.25. The van der Waals surface area contributed by atoms with Crippen LogP contribution >= 0.6 is 0 Å². The summed E-state index contributed by atoms with van der Waals surface area (Å²) >= 11 is 0. The Hall–Kier alpha value is -3.42. The molecule has 0 aliphatic heterocycles. The summed E-state index contributed by atoms with van der Waals surface area (Å²) in [4.78, 5) is 25.6. The molecule has 0 aliphatic rings. The van der Waals surface area contributed by atoms with E-state index in [1.54, 1.807) is 36.4 Å². The lowest BCUT2D eigenvalue weighted by molar-refractivity contribution is -0.150. The summed E-state index contributed by atoms with van der Waals surface area (Å²) in [6.45, 7) is 0. The van der Waals surface area contributed by atoms with Crippen LogP contribution in [0.1, 0.15) is 23.0 Å². The van der Waals surface area contributed by atoms with Crippen molar-refractivity contribution in [2.45, 2.75) is 11.8 Å². The second kappa shape index (κ2) is 10.4. The predicted octanol–water partition coefficient (Wildman–Crippen LogP) is 2.93. The van der Waals surface area contributed by atoms with Crippen LogP contribution in [-0.4, -0.2) is 54.6 Å². The molecule has 0 spiro atoms. The molecule has 0 radical (unpaired) electrons. The Kier molecular flexibility index (Phi) is 7.91. The second-order valence-electron chi connectivity index (χ2n) is 6.23. The third kappa shape index (κ3) is 4.59. The molecule has 2 rings (SSSR count). The van der Waals surface area contributed by atoms with Gasteiger partial charge in [-0.2, -0.15) is 0 Å². The Morgan fingerprint density at radius 2 is 0.900 bits per heavy atom. The molecule has 0 unspecified atom stereocenters. The highest BCUT2D eigenvalue weighted by Gasteiger charge is 2.39. The van der Waals surface area contributed by atoms with Gasteiger partial charge in [0.15, 0.2) is 23.0 Å². The zero-order valence-electron chi connectivity index (χ0n) is 17.9. The largest absolute Gasteiger partial charge is 0.493 e. The number of methoxy groups -OCH3 is 6. The van der Waals surface area contributed by atoms with Crippen LogP contribution < -0.4 is 18.9 Å². The maximum absolute atomic E-state index is 12.8. The number of ether oxygens (including phenoxy) is 6. The van der Waals surface area contributed by atoms with E-state index in [1.807, 2.05) is 0 Å². The molecule has 0 saturated heterocycles. The molecule has 0 aliphatic carbocycles. The summed E-state index contributed by atoms with van der Waals surface area (Å²) in [5.74, 6) is -1.39. The highest BCUT2D eigenvalue weighted by Crippen LogP contribution is 2.41. The number of rotatable bonds is 9. The standard InChI is InChI=1S/C22H26O8/c1-25-15-9-7-13(11-17(15)27-3)19(21(23)29-5)20(22(24)30-6)14-8-10-16(26-2)18(12-14)28-4/h7-12,19-20H,1-6H3/t19-,20-/m1/s1. The molecule has 0 bridgehead atoms. The summed E-state index contributed by atoms with van der Waals surface area (Å²) < 4.78 is 31.3. The van der Waals surface area contributed by atoms with Gasteiger partial charge in [0.1, 0.15) is 0 Å². The fraction of sp³-hybridized carbons (Fsp3) is 0.364. The minimum absolute atomic E-state index is 0.417. The fourth-order valence-electron chi connectivity index (χ4n) is 3.28. The molecular formula is C22H26O8. The Balaban J connectivity index is 2.68. The van der Waals surface area contributed by atoms with Crippen molar-refractivity contribution >= 4 is 11.9 Å². The first kappa shape index (κ1) is 22.9. The molecule has 0 fully saturated rings. The van der Waals surface area contributed by atoms with Gasteiger partial charge in [0, 0.05) is 0 Å². The molecule has 0 heterocycles. The van der Waals surface area contributed by atoms with Gasteiger partial charge in [-0.05, 0) is 35.4 Å². The maximum atomic E-state index is 12.8. The van der Waals surface area contributed by atoms with E-state index in [1.165, 1.54) is 42.7 Å². The lowest BCUT2D eigenvalue weighted by atomic mass is 9.81. The van der Waals surface area contributed by atoms with Gasteiger partial charge in [0.2, 0.25) is 0 Å². The van der Waals surface area contributed by atoms with Gasteiger partial charge in [-0.15, -0.1) is 0 Å². The van der Waals surface area contributed by atoms with E-state index in [0.29, 0.717) is 34.1 Å². The zero-order valence-corrected chi connectivity index (χ0v) is 17.9. The van der Waals surface area contributed by atoms with Gasteiger partial charge in [0.05, 0.1) is 54.5 Å². The number of esters is 2. The van der Waals surface area contributed by atoms with Crippen molar-refractivity contribution in [2.24, 2.45) is 0 Å². The molecule has 2 atom stereocenters. The van der Waals surface area contributed by atoms with Crippen molar-refractivity contribution in [2.75, 3.05) is 42.7 Å². The van der Waals surface area contributed by atoms with Gasteiger partial charge in [0.25, 0.3) is 0 Å². The first-order valence-electron chi connectivity index (χ1n) is 9.05. The molecule has 8 nitrogen and oxygen atoms in total. The maximum Gasteiger partial charge on any atom is 0.314 e. The molecule has 0 saturated carbocycles. The van der Waals surface area contributed by atoms with Crippen LogP contribution in [0.3, 0.4) is 0 Å². The Morgan fingerprint density at radius 3 is 1.17 bits per heavy atom. The summed E-state index contributed by atoms with van der Waals surface area (Å²) in [6, 6.07) is 9.95. The molecule has 2 aromatic rings. The highest BCUT2D eigenvalue weighted by atomic mass is 16.5. The normalized spacial score (nSPS) is 12.3. The van der Waals surface area contributed by atoms with Crippen molar-refractivity contribution in [1.29, 1.82) is 0 Å². The zero-order chi connectivity index (χ0) is 22.3. The number of hydrogen-bond donors (Lipinski definition) is 0. The molecule has 8 heteroatoms. The van der Waals surface area contributed by atoms with Crippen LogP contribution in [-0.2, 0) is 19.1 Å². The Bertz CT molecular complexity index is 819. The first-order valence-corrected chi connectivity index (χ1v) is 9.05. The molecule has 0 N–H and O–H groups in total. The quantitative estimate of drug-likeness (QED) is 0.574. The topological polar surface area (TPSA) is 89.5 Å². The van der Waals surface area contributed by atoms with Crippen molar-refractivity contribution in [1.82, 2.24) is 0 Å². The van der Waals surface area contributed by atoms with Crippen molar-refractivity contribution < 1.29 is 38.0 Å². The average Bonchev–Trinajstić information content (AvgIpc) is 2.80. The number of carbonyl (C=O) groups is 2. The smallest absolute Gasteiger partial charge is 0.314 e. The number of hydrogen-bond acceptors (Lipinski definition) is 8. The molecule has 30 heavy (non-hydrogen) atoms. The summed E-state index contributed by atoms with van der Waals surface area (Å²) in [5, 5.41) is 0. The van der Waals surface area contributed by atoms with Crippen molar-refractivity contribution in [3.63, 3.8) is 0 Å². The Morgan fingerprint density at radius 1 is 0.567 bits per heavy atom. The van der Waals surface area contributed by atoms with E-state index in [2.05, 4.69) is 0 Å². The van der Waals surface area contributed by atoms with E-state index in [0.717, 1.165) is 0 Å². The predicted molar refractivity (Wildman–Crippen MR) is 109 cm³/mol. The first-order chi connectivity index (χ1) is 14.4. The lowest BCUT2D eigenvalue weighted by Crippen LogP contribution is -2.28. The van der Waals surface area contributed by atoms with Gasteiger partial charge >= 0.3 is 11.9 Å². The summed E-state index contributed by atoms with van der Waals surface area (Å²) in [7, 11) is 8.52. The summed E-state index contributed by atoms with van der Waals surface area (Å²) in [6.07, 6.45) is 0. The van der Waals surface area contributed by atoms with Crippen LogP contribution in [0, 0.1) is 0 Å². The molecule has 0 amide bonds. The van der Waals surface area contributed by atoms with Crippen LogP contribution in [0.2, 0.25) is 0 Å². The van der Waals surface area contributed by atoms with Gasteiger partial charge in [-0.25, -0.2) is 0 Å². The monoisotopic (exact) mass is 418 g/mol. The highest BCUT2D eigenvalue weighted by molar-refractivity contribution is 5.90. The van der Waals surface area contributed by atoms with E-state index >= 15 is 0 Å². The minimum atomic E-state index is -1.000. The van der Waals surface area contributed by atoms with Crippen LogP contribution in [0.4, 0.5) is 0 Å². The third-order valence-electron chi connectivity index (χ3n) is 4.78. The van der Waals surface area contributed by atoms with E-state index < -0.39 is 23.8 Å². The number of benzene rings is 2. The second-order valence-corrected chi connectivity index (χ2v) is 6.23. The van der Waals surface area contributed by atoms with Crippen LogP contribution in [0.5, 0.6) is 23.0 Å². The molecule has 0 aromatic heterocycles. The number of carbonyl (C=O) groups excluding carboxylic acids is 2. The van der Waals surface area contributed by atoms with Crippen molar-refractivity contribution in [3.05, 3.63) is 47.5 Å². The molecule has 2 aromatic carbocycles. The average molecular weight is 418 g/mol. The fourth-order valence-corrected chi connectivity index (χ4v) is 3.28. The van der Waals surface area contributed by atoms with E-state index in [4.69, 9.17) is 28.4 Å². The summed E-state index contributed by atoms with van der Waals surface area (Å²) in [5.41, 5.74) is 1.01. The minimum Gasteiger partial charge on any atom is -0.493 e. The van der Waals surface area contributed by atoms with Crippen LogP contribution in [0.15, 0.2) is 36.4 Å². The SMILES string of the molecule is COC(=O)[C@H](c1ccc(OC)c(OC)c1)[C@H](C(=O)OC)c1ccc(OC)c(OC)c1. The van der Waals surface area contributed by atoms with E-state index in [9.17, 15) is 9.59 Å². The van der Waals surface area contributed by atoms with Gasteiger partial charge in [-0.3, -0.25) is 9.59 Å². The van der Waals surface area contributed by atoms with Crippen molar-refractivity contribution in [3.8, 4) is 23.0 Å². The van der Waals surface area contributed by atoms with E-state index in [-0.39, 0.29) is 0 Å². The van der Waals surface area contributed by atoms with Gasteiger partial charge in [-0.1, -0.05) is 12.1 Å². The third-order valence-corrected chi connectivity index (χ3v) is 4.78. The molecular weight excluding hydrogens is 392 g/mol. The molecule has 162 valence electrons. The van der Waals surface area contributed by atoms with Gasteiger partial charge < -0.3 is 28.4 Å². The Labute approximate surface area is 175 Å².